The average Bonchev–Trinajstić information content (AvgIpc) is 2.75. The predicted molar refractivity (Wildman–Crippen MR) is 114 cm³/mol. The van der Waals surface area contributed by atoms with Gasteiger partial charge in [0.1, 0.15) is 5.75 Å². The van der Waals surface area contributed by atoms with Gasteiger partial charge in [-0.1, -0.05) is 31.4 Å². The Morgan fingerprint density at radius 1 is 1.03 bits per heavy atom. The number of hydrogen-bond donors (Lipinski definition) is 1. The van der Waals surface area contributed by atoms with Gasteiger partial charge in [0.2, 0.25) is 5.91 Å². The summed E-state index contributed by atoms with van der Waals surface area (Å²) in [7, 11) is 0. The number of benzene rings is 1. The zero-order valence-electron chi connectivity index (χ0n) is 17.9. The lowest BCUT2D eigenvalue weighted by Gasteiger charge is -2.36. The molecule has 6 nitrogen and oxygen atoms in total. The van der Waals surface area contributed by atoms with Crippen molar-refractivity contribution < 1.29 is 14.3 Å². The zero-order valence-corrected chi connectivity index (χ0v) is 17.9. The molecule has 1 aromatic rings. The van der Waals surface area contributed by atoms with Crippen molar-refractivity contribution in [2.75, 3.05) is 32.8 Å². The van der Waals surface area contributed by atoms with Gasteiger partial charge in [-0.25, -0.2) is 4.79 Å². The molecule has 6 heteroatoms. The topological polar surface area (TPSA) is 61.9 Å². The first-order chi connectivity index (χ1) is 14.1. The molecule has 1 saturated heterocycles. The lowest BCUT2D eigenvalue weighted by atomic mass is 9.86. The normalized spacial score (nSPS) is 19.0. The van der Waals surface area contributed by atoms with E-state index in [1.54, 1.807) is 0 Å². The highest BCUT2D eigenvalue weighted by atomic mass is 16.5. The fraction of sp³-hybridized carbons (Fsp3) is 0.652. The van der Waals surface area contributed by atoms with Crippen LogP contribution >= 0.6 is 0 Å². The van der Waals surface area contributed by atoms with Crippen molar-refractivity contribution in [3.63, 3.8) is 0 Å². The highest BCUT2D eigenvalue weighted by Gasteiger charge is 2.27. The average molecular weight is 402 g/mol. The molecule has 0 aromatic heterocycles. The van der Waals surface area contributed by atoms with Gasteiger partial charge in [0.15, 0.2) is 0 Å². The number of ether oxygens (including phenoxy) is 1. The van der Waals surface area contributed by atoms with Gasteiger partial charge in [0, 0.05) is 32.6 Å². The van der Waals surface area contributed by atoms with E-state index in [1.165, 1.54) is 32.1 Å². The number of rotatable bonds is 6. The Labute approximate surface area is 174 Å². The Morgan fingerprint density at radius 3 is 2.28 bits per heavy atom. The molecule has 29 heavy (non-hydrogen) atoms. The van der Waals surface area contributed by atoms with E-state index in [0.717, 1.165) is 11.3 Å². The second-order valence-corrected chi connectivity index (χ2v) is 8.25. The van der Waals surface area contributed by atoms with Crippen LogP contribution in [0, 0.1) is 5.92 Å². The molecular formula is C23H35N3O3. The van der Waals surface area contributed by atoms with Gasteiger partial charge in [0.05, 0.1) is 12.6 Å². The van der Waals surface area contributed by atoms with Crippen LogP contribution in [0.1, 0.15) is 64.0 Å². The Morgan fingerprint density at radius 2 is 1.66 bits per heavy atom. The Balaban J connectivity index is 1.42. The smallest absolute Gasteiger partial charge is 0.317 e. The van der Waals surface area contributed by atoms with Crippen molar-refractivity contribution in [1.82, 2.24) is 15.1 Å². The number of carbonyl (C=O) groups excluding carboxylic acids is 2. The van der Waals surface area contributed by atoms with E-state index in [-0.39, 0.29) is 18.0 Å². The first-order valence-corrected chi connectivity index (χ1v) is 11.1. The molecule has 3 amide bonds. The molecule has 1 N–H and O–H groups in total. The van der Waals surface area contributed by atoms with Gasteiger partial charge < -0.3 is 19.9 Å². The van der Waals surface area contributed by atoms with Crippen molar-refractivity contribution in [2.45, 2.75) is 58.4 Å². The van der Waals surface area contributed by atoms with E-state index in [0.29, 0.717) is 45.1 Å². The minimum absolute atomic E-state index is 0.0641. The molecule has 3 rings (SSSR count). The molecule has 1 aromatic carbocycles. The summed E-state index contributed by atoms with van der Waals surface area (Å²) in [5, 5.41) is 3.07. The minimum atomic E-state index is -0.0795. The molecule has 160 valence electrons. The summed E-state index contributed by atoms with van der Waals surface area (Å²) in [6.45, 7) is 7.04. The van der Waals surface area contributed by atoms with Gasteiger partial charge in [-0.15, -0.1) is 0 Å². The van der Waals surface area contributed by atoms with Crippen LogP contribution in [-0.2, 0) is 4.79 Å². The largest absolute Gasteiger partial charge is 0.494 e. The lowest BCUT2D eigenvalue weighted by Crippen LogP contribution is -2.53. The number of amides is 3. The van der Waals surface area contributed by atoms with Gasteiger partial charge in [0.25, 0.3) is 0 Å². The highest BCUT2D eigenvalue weighted by Crippen LogP contribution is 2.27. The maximum Gasteiger partial charge on any atom is 0.317 e. The number of carbonyl (C=O) groups is 2. The van der Waals surface area contributed by atoms with Crippen LogP contribution in [0.2, 0.25) is 0 Å². The quantitative estimate of drug-likeness (QED) is 0.785. The molecule has 1 heterocycles. The Kier molecular flexibility index (Phi) is 7.78. The second kappa shape index (κ2) is 10.5. The number of nitrogens with zero attached hydrogens (tertiary/aromatic N) is 2. The second-order valence-electron chi connectivity index (χ2n) is 8.25. The summed E-state index contributed by atoms with van der Waals surface area (Å²) in [4.78, 5) is 29.0. The van der Waals surface area contributed by atoms with Crippen molar-refractivity contribution in [3.05, 3.63) is 29.8 Å². The zero-order chi connectivity index (χ0) is 20.6. The van der Waals surface area contributed by atoms with Crippen molar-refractivity contribution in [3.8, 4) is 5.75 Å². The summed E-state index contributed by atoms with van der Waals surface area (Å²) in [6.07, 6.45) is 6.90. The van der Waals surface area contributed by atoms with Gasteiger partial charge in [-0.05, 0) is 50.3 Å². The molecule has 1 aliphatic carbocycles. The third kappa shape index (κ3) is 6.12. The molecule has 2 fully saturated rings. The summed E-state index contributed by atoms with van der Waals surface area (Å²) in [6, 6.07) is 7.68. The minimum Gasteiger partial charge on any atom is -0.494 e. The summed E-state index contributed by atoms with van der Waals surface area (Å²) in [5.74, 6) is 1.66. The number of nitrogens with one attached hydrogen (secondary N) is 1. The van der Waals surface area contributed by atoms with E-state index in [2.05, 4.69) is 5.32 Å². The van der Waals surface area contributed by atoms with E-state index >= 15 is 0 Å². The summed E-state index contributed by atoms with van der Waals surface area (Å²) in [5.41, 5.74) is 1.04. The van der Waals surface area contributed by atoms with Crippen molar-refractivity contribution in [1.29, 1.82) is 0 Å². The number of urea groups is 1. The standard InChI is InChI=1S/C23H35N3O3/c1-3-29-21-11-9-20(10-12-21)18(2)24-23(28)26-15-13-25(14-16-26)22(27)17-19-7-5-4-6-8-19/h9-12,18-19H,3-8,13-17H2,1-2H3,(H,24,28). The highest BCUT2D eigenvalue weighted by molar-refractivity contribution is 5.78. The lowest BCUT2D eigenvalue weighted by molar-refractivity contribution is -0.133. The fourth-order valence-electron chi connectivity index (χ4n) is 4.31. The van der Waals surface area contributed by atoms with Gasteiger partial charge >= 0.3 is 6.03 Å². The van der Waals surface area contributed by atoms with Crippen LogP contribution in [0.4, 0.5) is 4.79 Å². The van der Waals surface area contributed by atoms with Crippen LogP contribution in [0.15, 0.2) is 24.3 Å². The Bertz CT molecular complexity index is 662. The first-order valence-electron chi connectivity index (χ1n) is 11.1. The van der Waals surface area contributed by atoms with E-state index in [9.17, 15) is 9.59 Å². The maximum atomic E-state index is 12.6. The molecular weight excluding hydrogens is 366 g/mol. The van der Waals surface area contributed by atoms with Gasteiger partial charge in [-0.2, -0.15) is 0 Å². The van der Waals surface area contributed by atoms with Gasteiger partial charge in [-0.3, -0.25) is 4.79 Å². The molecule has 0 bridgehead atoms. The summed E-state index contributed by atoms with van der Waals surface area (Å²) < 4.78 is 5.47. The van der Waals surface area contributed by atoms with Crippen LogP contribution in [0.25, 0.3) is 0 Å². The molecule has 1 aliphatic heterocycles. The maximum absolute atomic E-state index is 12.6. The van der Waals surface area contributed by atoms with Crippen molar-refractivity contribution in [2.24, 2.45) is 5.92 Å². The molecule has 1 saturated carbocycles. The number of piperazine rings is 1. The monoisotopic (exact) mass is 401 g/mol. The molecule has 0 radical (unpaired) electrons. The number of hydrogen-bond acceptors (Lipinski definition) is 3. The van der Waals surface area contributed by atoms with E-state index < -0.39 is 0 Å². The predicted octanol–water partition coefficient (Wildman–Crippen LogP) is 3.97. The van der Waals surface area contributed by atoms with E-state index in [1.807, 2.05) is 47.9 Å². The summed E-state index contributed by atoms with van der Waals surface area (Å²) >= 11 is 0. The van der Waals surface area contributed by atoms with Crippen LogP contribution in [0.5, 0.6) is 5.75 Å². The molecule has 2 aliphatic rings. The van der Waals surface area contributed by atoms with Crippen LogP contribution in [0.3, 0.4) is 0 Å². The van der Waals surface area contributed by atoms with Crippen LogP contribution < -0.4 is 10.1 Å². The fourth-order valence-corrected chi connectivity index (χ4v) is 4.31. The van der Waals surface area contributed by atoms with E-state index in [4.69, 9.17) is 4.74 Å². The third-order valence-electron chi connectivity index (χ3n) is 6.14. The van der Waals surface area contributed by atoms with Crippen LogP contribution in [-0.4, -0.2) is 54.5 Å². The van der Waals surface area contributed by atoms with Crippen molar-refractivity contribution >= 4 is 11.9 Å². The molecule has 1 atom stereocenters. The molecule has 1 unspecified atom stereocenters. The first kappa shape index (κ1) is 21.5. The third-order valence-corrected chi connectivity index (χ3v) is 6.14. The molecule has 0 spiro atoms. The SMILES string of the molecule is CCOc1ccc(C(C)NC(=O)N2CCN(C(=O)CC3CCCCC3)CC2)cc1. The Hall–Kier alpha value is -2.24.